The fourth-order valence-corrected chi connectivity index (χ4v) is 4.80. The summed E-state index contributed by atoms with van der Waals surface area (Å²) in [4.78, 5) is 11.6. The largest absolute Gasteiger partial charge is 0.362 e. The molecule has 0 radical (unpaired) electrons. The van der Waals surface area contributed by atoms with Crippen LogP contribution >= 0.6 is 0 Å². The van der Waals surface area contributed by atoms with E-state index in [1.165, 1.54) is 16.7 Å². The molecule has 1 aliphatic rings. The third-order valence-corrected chi connectivity index (χ3v) is 6.72. The summed E-state index contributed by atoms with van der Waals surface area (Å²) in [5, 5.41) is 8.46. The van der Waals surface area contributed by atoms with Crippen LogP contribution in [-0.2, 0) is 6.54 Å². The van der Waals surface area contributed by atoms with Crippen LogP contribution in [0.2, 0.25) is 0 Å². The lowest BCUT2D eigenvalue weighted by Gasteiger charge is -2.30. The highest BCUT2D eigenvalue weighted by molar-refractivity contribution is 5.90. The van der Waals surface area contributed by atoms with E-state index in [2.05, 4.69) is 82.3 Å². The van der Waals surface area contributed by atoms with Gasteiger partial charge in [0.05, 0.1) is 5.52 Å². The third kappa shape index (κ3) is 5.20. The number of anilines is 2. The van der Waals surface area contributed by atoms with Crippen molar-refractivity contribution in [2.75, 3.05) is 24.3 Å². The molecule has 174 valence electrons. The van der Waals surface area contributed by atoms with E-state index in [4.69, 9.17) is 9.97 Å². The molecule has 0 saturated heterocycles. The maximum Gasteiger partial charge on any atom is 0.225 e. The predicted molar refractivity (Wildman–Crippen MR) is 142 cm³/mol. The highest BCUT2D eigenvalue weighted by Crippen LogP contribution is 2.26. The molecule has 5 heteroatoms. The molecular formula is C29H33N5. The van der Waals surface area contributed by atoms with Crippen LogP contribution in [-0.4, -0.2) is 36.1 Å². The average Bonchev–Trinajstić information content (AvgIpc) is 2.88. The van der Waals surface area contributed by atoms with E-state index in [1.54, 1.807) is 0 Å². The van der Waals surface area contributed by atoms with Crippen molar-refractivity contribution in [3.05, 3.63) is 84.4 Å². The molecule has 0 unspecified atom stereocenters. The first kappa shape index (κ1) is 22.4. The van der Waals surface area contributed by atoms with Gasteiger partial charge in [-0.3, -0.25) is 0 Å². The summed E-state index contributed by atoms with van der Waals surface area (Å²) in [7, 11) is 4.06. The Morgan fingerprint density at radius 1 is 0.735 bits per heavy atom. The molecule has 1 aliphatic carbocycles. The fraction of sp³-hybridized carbons (Fsp3) is 0.310. The number of benzene rings is 3. The van der Waals surface area contributed by atoms with E-state index in [-0.39, 0.29) is 0 Å². The van der Waals surface area contributed by atoms with E-state index in [9.17, 15) is 0 Å². The number of rotatable bonds is 7. The lowest BCUT2D eigenvalue weighted by atomic mass is 9.91. The molecular weight excluding hydrogens is 418 g/mol. The number of nitrogens with one attached hydrogen (secondary N) is 2. The first-order valence-corrected chi connectivity index (χ1v) is 12.2. The molecule has 0 aliphatic heterocycles. The minimum Gasteiger partial charge on any atom is -0.362 e. The van der Waals surface area contributed by atoms with E-state index >= 15 is 0 Å². The summed E-state index contributed by atoms with van der Waals surface area (Å²) in [5.41, 5.74) is 4.85. The Kier molecular flexibility index (Phi) is 6.72. The zero-order chi connectivity index (χ0) is 23.3. The summed E-state index contributed by atoms with van der Waals surface area (Å²) >= 11 is 0. The second-order valence-corrected chi connectivity index (χ2v) is 9.42. The number of para-hydroxylation sites is 1. The number of fused-ring (bicyclic) bond motifs is 1. The summed E-state index contributed by atoms with van der Waals surface area (Å²) in [6, 6.07) is 28.6. The molecule has 1 fully saturated rings. The van der Waals surface area contributed by atoms with Crippen molar-refractivity contribution in [1.82, 2.24) is 15.3 Å². The van der Waals surface area contributed by atoms with Gasteiger partial charge in [-0.25, -0.2) is 4.98 Å². The zero-order valence-corrected chi connectivity index (χ0v) is 20.0. The second kappa shape index (κ2) is 10.2. The lowest BCUT2D eigenvalue weighted by Crippen LogP contribution is -2.37. The van der Waals surface area contributed by atoms with Gasteiger partial charge in [0.1, 0.15) is 5.82 Å². The normalized spacial score (nSPS) is 18.1. The van der Waals surface area contributed by atoms with Crippen molar-refractivity contribution in [3.63, 3.8) is 0 Å². The van der Waals surface area contributed by atoms with E-state index in [0.29, 0.717) is 12.1 Å². The number of hydrogen-bond acceptors (Lipinski definition) is 5. The summed E-state index contributed by atoms with van der Waals surface area (Å²) in [6.07, 6.45) is 4.57. The van der Waals surface area contributed by atoms with Crippen molar-refractivity contribution in [2.45, 2.75) is 44.3 Å². The van der Waals surface area contributed by atoms with Crippen LogP contribution in [0.1, 0.15) is 31.2 Å². The topological polar surface area (TPSA) is 53.1 Å². The van der Waals surface area contributed by atoms with Gasteiger partial charge in [0.25, 0.3) is 0 Å². The maximum atomic E-state index is 4.81. The van der Waals surface area contributed by atoms with Crippen molar-refractivity contribution >= 4 is 22.7 Å². The Bertz CT molecular complexity index is 1210. The number of aromatic nitrogens is 2. The molecule has 34 heavy (non-hydrogen) atoms. The first-order valence-electron chi connectivity index (χ1n) is 12.2. The van der Waals surface area contributed by atoms with E-state index in [0.717, 1.165) is 54.9 Å². The third-order valence-electron chi connectivity index (χ3n) is 6.72. The van der Waals surface area contributed by atoms with E-state index < -0.39 is 0 Å². The van der Waals surface area contributed by atoms with Gasteiger partial charge in [-0.15, -0.1) is 0 Å². The molecule has 4 aromatic rings. The monoisotopic (exact) mass is 451 g/mol. The van der Waals surface area contributed by atoms with Crippen LogP contribution in [0.25, 0.3) is 22.0 Å². The number of nitrogens with zero attached hydrogens (tertiary/aromatic N) is 3. The quantitative estimate of drug-likeness (QED) is 0.368. The van der Waals surface area contributed by atoms with Crippen LogP contribution in [0.5, 0.6) is 0 Å². The number of hydrogen-bond donors (Lipinski definition) is 2. The van der Waals surface area contributed by atoms with Crippen molar-refractivity contribution < 1.29 is 0 Å². The standard InChI is InChI=1S/C29H33N5/c1-34(2)28-26-10-6-7-11-27(26)32-29(33-28)31-25-18-16-24(17-19-25)30-20-21-12-14-23(15-13-21)22-8-4-3-5-9-22/h3-15,24-25,30H,16-20H2,1-2H3,(H,31,32,33). The smallest absolute Gasteiger partial charge is 0.225 e. The molecule has 2 N–H and O–H groups in total. The van der Waals surface area contributed by atoms with Gasteiger partial charge in [-0.2, -0.15) is 4.98 Å². The fourth-order valence-electron chi connectivity index (χ4n) is 4.80. The van der Waals surface area contributed by atoms with Gasteiger partial charge in [0.2, 0.25) is 5.95 Å². The summed E-state index contributed by atoms with van der Waals surface area (Å²) in [6.45, 7) is 0.914. The molecule has 0 spiro atoms. The molecule has 0 amide bonds. The molecule has 1 heterocycles. The van der Waals surface area contributed by atoms with Crippen LogP contribution in [0.15, 0.2) is 78.9 Å². The first-order chi connectivity index (χ1) is 16.7. The Hall–Kier alpha value is -3.44. The maximum absolute atomic E-state index is 4.81. The van der Waals surface area contributed by atoms with Crippen molar-refractivity contribution in [1.29, 1.82) is 0 Å². The highest BCUT2D eigenvalue weighted by atomic mass is 15.2. The zero-order valence-electron chi connectivity index (χ0n) is 20.0. The SMILES string of the molecule is CN(C)c1nc(NC2CCC(NCc3ccc(-c4ccccc4)cc3)CC2)nc2ccccc12. The van der Waals surface area contributed by atoms with Crippen LogP contribution in [0.4, 0.5) is 11.8 Å². The molecule has 0 atom stereocenters. The highest BCUT2D eigenvalue weighted by Gasteiger charge is 2.22. The Morgan fingerprint density at radius 2 is 1.38 bits per heavy atom. The van der Waals surface area contributed by atoms with Gasteiger partial charge in [-0.05, 0) is 54.5 Å². The molecule has 1 aromatic heterocycles. The van der Waals surface area contributed by atoms with Crippen molar-refractivity contribution in [2.24, 2.45) is 0 Å². The van der Waals surface area contributed by atoms with Gasteiger partial charge in [0.15, 0.2) is 0 Å². The molecule has 0 bridgehead atoms. The molecule has 5 nitrogen and oxygen atoms in total. The molecule has 1 saturated carbocycles. The van der Waals surface area contributed by atoms with Gasteiger partial charge < -0.3 is 15.5 Å². The average molecular weight is 452 g/mol. The molecule has 5 rings (SSSR count). The van der Waals surface area contributed by atoms with Crippen LogP contribution < -0.4 is 15.5 Å². The van der Waals surface area contributed by atoms with Gasteiger partial charge >= 0.3 is 0 Å². The van der Waals surface area contributed by atoms with Crippen LogP contribution in [0.3, 0.4) is 0 Å². The molecule has 3 aromatic carbocycles. The predicted octanol–water partition coefficient (Wildman–Crippen LogP) is 5.88. The van der Waals surface area contributed by atoms with Gasteiger partial charge in [-0.1, -0.05) is 66.7 Å². The van der Waals surface area contributed by atoms with Gasteiger partial charge in [0, 0.05) is 38.1 Å². The Labute approximate surface area is 202 Å². The lowest BCUT2D eigenvalue weighted by molar-refractivity contribution is 0.352. The summed E-state index contributed by atoms with van der Waals surface area (Å²) in [5.74, 6) is 1.69. The van der Waals surface area contributed by atoms with E-state index in [1.807, 2.05) is 26.2 Å². The summed E-state index contributed by atoms with van der Waals surface area (Å²) < 4.78 is 0. The Balaban J connectivity index is 1.14. The minimum atomic E-state index is 0.416. The van der Waals surface area contributed by atoms with Crippen LogP contribution in [0, 0.1) is 0 Å². The van der Waals surface area contributed by atoms with Crippen molar-refractivity contribution in [3.8, 4) is 11.1 Å². The second-order valence-electron chi connectivity index (χ2n) is 9.42. The minimum absolute atomic E-state index is 0.416. The Morgan fingerprint density at radius 3 is 2.12 bits per heavy atom.